The third kappa shape index (κ3) is 3.13. The highest BCUT2D eigenvalue weighted by Gasteiger charge is 2.10. The average molecular weight is 349 g/mol. The molecule has 1 N–H and O–H groups in total. The van der Waals surface area contributed by atoms with E-state index >= 15 is 0 Å². The van der Waals surface area contributed by atoms with Gasteiger partial charge < -0.3 is 9.73 Å². The summed E-state index contributed by atoms with van der Waals surface area (Å²) in [6.45, 7) is 0.554. The van der Waals surface area contributed by atoms with E-state index in [2.05, 4.69) is 31.4 Å². The first-order valence-corrected chi connectivity index (χ1v) is 7.35. The smallest absolute Gasteiger partial charge is 0.287 e. The lowest BCUT2D eigenvalue weighted by Gasteiger charge is -2.02. The van der Waals surface area contributed by atoms with Crippen molar-refractivity contribution in [1.29, 1.82) is 0 Å². The van der Waals surface area contributed by atoms with E-state index in [9.17, 15) is 4.79 Å². The number of fused-ring (bicyclic) bond motifs is 1. The third-order valence-corrected chi connectivity index (χ3v) is 3.47. The summed E-state index contributed by atoms with van der Waals surface area (Å²) < 4.78 is 7.68. The van der Waals surface area contributed by atoms with Crippen molar-refractivity contribution in [2.75, 3.05) is 6.54 Å². The molecule has 3 heterocycles. The van der Waals surface area contributed by atoms with Crippen LogP contribution in [0.5, 0.6) is 0 Å². The van der Waals surface area contributed by atoms with Crippen LogP contribution in [-0.4, -0.2) is 27.0 Å². The van der Waals surface area contributed by atoms with Crippen molar-refractivity contribution >= 4 is 27.5 Å². The maximum absolute atomic E-state index is 11.8. The van der Waals surface area contributed by atoms with Gasteiger partial charge >= 0.3 is 0 Å². The van der Waals surface area contributed by atoms with Gasteiger partial charge in [-0.25, -0.2) is 0 Å². The molecule has 0 unspecified atom stereocenters. The molecule has 1 amide bonds. The molecule has 108 valence electrons. The Morgan fingerprint density at radius 3 is 3.00 bits per heavy atom. The van der Waals surface area contributed by atoms with E-state index in [4.69, 9.17) is 4.42 Å². The number of nitrogens with zero attached hydrogens (tertiary/aromatic N) is 3. The lowest BCUT2D eigenvalue weighted by molar-refractivity contribution is 0.0924. The van der Waals surface area contributed by atoms with Gasteiger partial charge in [-0.05, 0) is 46.6 Å². The Kier molecular flexibility index (Phi) is 4.01. The van der Waals surface area contributed by atoms with Gasteiger partial charge in [-0.3, -0.25) is 9.20 Å². The standard InChI is InChI=1S/C14H13BrN4O2/c15-11-7-6-10(21-11)14(20)16-8-3-5-13-18-17-12-4-1-2-9-19(12)13/h1-2,4,6-7,9H,3,5,8H2,(H,16,20). The Labute approximate surface area is 129 Å². The molecule has 0 aromatic carbocycles. The molecule has 3 rings (SSSR count). The second-order valence-corrected chi connectivity index (χ2v) is 5.29. The molecular weight excluding hydrogens is 336 g/mol. The number of hydrogen-bond acceptors (Lipinski definition) is 4. The highest BCUT2D eigenvalue weighted by atomic mass is 79.9. The number of aryl methyl sites for hydroxylation is 1. The van der Waals surface area contributed by atoms with Crippen LogP contribution in [0.15, 0.2) is 45.6 Å². The zero-order chi connectivity index (χ0) is 14.7. The van der Waals surface area contributed by atoms with E-state index in [1.54, 1.807) is 12.1 Å². The number of pyridine rings is 1. The Hall–Kier alpha value is -2.15. The molecule has 6 nitrogen and oxygen atoms in total. The van der Waals surface area contributed by atoms with Crippen LogP contribution in [-0.2, 0) is 6.42 Å². The van der Waals surface area contributed by atoms with Crippen molar-refractivity contribution in [3.63, 3.8) is 0 Å². The zero-order valence-electron chi connectivity index (χ0n) is 11.1. The first kappa shape index (κ1) is 13.8. The van der Waals surface area contributed by atoms with Crippen LogP contribution in [0.4, 0.5) is 0 Å². The van der Waals surface area contributed by atoms with Gasteiger partial charge in [0.25, 0.3) is 5.91 Å². The summed E-state index contributed by atoms with van der Waals surface area (Å²) in [5.41, 5.74) is 0.831. The molecule has 0 bridgehead atoms. The number of carbonyl (C=O) groups is 1. The molecule has 0 aliphatic rings. The number of amides is 1. The second-order valence-electron chi connectivity index (χ2n) is 4.51. The molecule has 0 saturated carbocycles. The maximum Gasteiger partial charge on any atom is 0.287 e. The second kappa shape index (κ2) is 6.09. The lowest BCUT2D eigenvalue weighted by Crippen LogP contribution is -2.24. The van der Waals surface area contributed by atoms with Crippen LogP contribution in [0.3, 0.4) is 0 Å². The van der Waals surface area contributed by atoms with Gasteiger partial charge in [0.1, 0.15) is 5.82 Å². The van der Waals surface area contributed by atoms with Crippen LogP contribution in [0, 0.1) is 0 Å². The Bertz CT molecular complexity index is 765. The summed E-state index contributed by atoms with van der Waals surface area (Å²) in [5.74, 6) is 0.974. The van der Waals surface area contributed by atoms with E-state index in [-0.39, 0.29) is 5.91 Å². The fourth-order valence-electron chi connectivity index (χ4n) is 2.03. The molecule has 0 spiro atoms. The summed E-state index contributed by atoms with van der Waals surface area (Å²) in [6.07, 6.45) is 3.46. The maximum atomic E-state index is 11.8. The van der Waals surface area contributed by atoms with E-state index in [0.717, 1.165) is 24.3 Å². The van der Waals surface area contributed by atoms with Crippen LogP contribution >= 0.6 is 15.9 Å². The number of furan rings is 1. The monoisotopic (exact) mass is 348 g/mol. The van der Waals surface area contributed by atoms with Crippen molar-refractivity contribution < 1.29 is 9.21 Å². The van der Waals surface area contributed by atoms with Gasteiger partial charge in [0.15, 0.2) is 16.1 Å². The zero-order valence-corrected chi connectivity index (χ0v) is 12.7. The third-order valence-electron chi connectivity index (χ3n) is 3.04. The molecule has 0 fully saturated rings. The number of halogens is 1. The number of nitrogens with one attached hydrogen (secondary N) is 1. The van der Waals surface area contributed by atoms with E-state index in [1.807, 2.05) is 28.8 Å². The van der Waals surface area contributed by atoms with Crippen LogP contribution in [0.1, 0.15) is 22.8 Å². The largest absolute Gasteiger partial charge is 0.444 e. The molecule has 0 saturated heterocycles. The first-order valence-electron chi connectivity index (χ1n) is 6.56. The SMILES string of the molecule is O=C(NCCCc1nnc2ccccn12)c1ccc(Br)o1. The fourth-order valence-corrected chi connectivity index (χ4v) is 2.34. The van der Waals surface area contributed by atoms with Gasteiger partial charge in [-0.2, -0.15) is 0 Å². The van der Waals surface area contributed by atoms with Crippen LogP contribution < -0.4 is 5.32 Å². The highest BCUT2D eigenvalue weighted by Crippen LogP contribution is 2.13. The summed E-state index contributed by atoms with van der Waals surface area (Å²) in [5, 5.41) is 11.0. The fraction of sp³-hybridized carbons (Fsp3) is 0.214. The predicted molar refractivity (Wildman–Crippen MR) is 80.0 cm³/mol. The minimum atomic E-state index is -0.216. The van der Waals surface area contributed by atoms with Gasteiger partial charge in [-0.15, -0.1) is 10.2 Å². The minimum absolute atomic E-state index is 0.216. The minimum Gasteiger partial charge on any atom is -0.444 e. The van der Waals surface area contributed by atoms with Gasteiger partial charge in [0, 0.05) is 19.2 Å². The quantitative estimate of drug-likeness (QED) is 0.718. The molecule has 3 aromatic rings. The van der Waals surface area contributed by atoms with Crippen molar-refractivity contribution in [1.82, 2.24) is 19.9 Å². The lowest BCUT2D eigenvalue weighted by atomic mass is 10.3. The molecule has 0 radical (unpaired) electrons. The Morgan fingerprint density at radius 2 is 2.19 bits per heavy atom. The van der Waals surface area contributed by atoms with E-state index in [0.29, 0.717) is 17.0 Å². The molecule has 0 aliphatic heterocycles. The number of carbonyl (C=O) groups excluding carboxylic acids is 1. The summed E-state index contributed by atoms with van der Waals surface area (Å²) >= 11 is 3.17. The number of aromatic nitrogens is 3. The summed E-state index contributed by atoms with van der Waals surface area (Å²) in [6, 6.07) is 9.10. The summed E-state index contributed by atoms with van der Waals surface area (Å²) in [7, 11) is 0. The van der Waals surface area contributed by atoms with Gasteiger partial charge in [0.05, 0.1) is 0 Å². The van der Waals surface area contributed by atoms with Crippen molar-refractivity contribution in [3.05, 3.63) is 52.8 Å². The normalized spacial score (nSPS) is 10.9. The van der Waals surface area contributed by atoms with Crippen molar-refractivity contribution in [2.45, 2.75) is 12.8 Å². The van der Waals surface area contributed by atoms with E-state index < -0.39 is 0 Å². The van der Waals surface area contributed by atoms with Crippen molar-refractivity contribution in [2.24, 2.45) is 0 Å². The topological polar surface area (TPSA) is 72.4 Å². The van der Waals surface area contributed by atoms with Gasteiger partial charge in [-0.1, -0.05) is 6.07 Å². The average Bonchev–Trinajstić information content (AvgIpc) is 3.10. The molecule has 21 heavy (non-hydrogen) atoms. The first-order chi connectivity index (χ1) is 10.2. The molecular formula is C14H13BrN4O2. The Morgan fingerprint density at radius 1 is 1.29 bits per heavy atom. The van der Waals surface area contributed by atoms with E-state index in [1.165, 1.54) is 0 Å². The van der Waals surface area contributed by atoms with Crippen LogP contribution in [0.25, 0.3) is 5.65 Å². The molecule has 0 aliphatic carbocycles. The predicted octanol–water partition coefficient (Wildman–Crippen LogP) is 2.45. The Balaban J connectivity index is 1.51. The van der Waals surface area contributed by atoms with Crippen molar-refractivity contribution in [3.8, 4) is 0 Å². The number of rotatable bonds is 5. The van der Waals surface area contributed by atoms with Gasteiger partial charge in [0.2, 0.25) is 0 Å². The highest BCUT2D eigenvalue weighted by molar-refractivity contribution is 9.10. The summed E-state index contributed by atoms with van der Waals surface area (Å²) in [4.78, 5) is 11.8. The van der Waals surface area contributed by atoms with Crippen LogP contribution in [0.2, 0.25) is 0 Å². The molecule has 7 heteroatoms. The molecule has 3 aromatic heterocycles. The molecule has 0 atom stereocenters. The number of hydrogen-bond donors (Lipinski definition) is 1.